The first-order chi connectivity index (χ1) is 9.94. The van der Waals surface area contributed by atoms with Gasteiger partial charge in [-0.2, -0.15) is 39.1 Å². The van der Waals surface area contributed by atoms with Crippen molar-refractivity contribution in [3.05, 3.63) is 0 Å². The van der Waals surface area contributed by atoms with Crippen LogP contribution in [0, 0.1) is 5.41 Å². The number of alkyl halides is 6. The molecule has 0 aliphatic heterocycles. The van der Waals surface area contributed by atoms with E-state index < -0.39 is 49.8 Å². The third-order valence-corrected chi connectivity index (χ3v) is 4.12. The summed E-state index contributed by atoms with van der Waals surface area (Å²) in [6, 6.07) is 0. The minimum atomic E-state index is -6.56. The van der Waals surface area contributed by atoms with Gasteiger partial charge in [-0.3, -0.25) is 9.83 Å². The van der Waals surface area contributed by atoms with Gasteiger partial charge in [0.25, 0.3) is 0 Å². The molecule has 0 rings (SSSR count). The molecule has 1 N–H and O–H groups in total. The van der Waals surface area contributed by atoms with Gasteiger partial charge in [-0.15, -0.1) is 0 Å². The van der Waals surface area contributed by atoms with Gasteiger partial charge in [0.05, 0.1) is 0 Å². The predicted octanol–water partition coefficient (Wildman–Crippen LogP) is 1.17. The smallest absolute Gasteiger partial charge is 0.432 e. The lowest BCUT2D eigenvalue weighted by Gasteiger charge is -2.31. The fourth-order valence-electron chi connectivity index (χ4n) is 0.786. The van der Waals surface area contributed by atoms with Crippen LogP contribution in [0.5, 0.6) is 0 Å². The van der Waals surface area contributed by atoms with Gasteiger partial charge in [-0.05, 0) is 0 Å². The molecular weight excluding hydrogens is 384 g/mol. The maximum atomic E-state index is 13.4. The first kappa shape index (κ1) is 22.2. The molecule has 0 radical (unpaired) electrons. The number of rotatable bonds is 7. The first-order valence-electron chi connectivity index (χ1n) is 5.28. The Morgan fingerprint density at radius 3 is 1.87 bits per heavy atom. The average Bonchev–Trinajstić information content (AvgIpc) is 2.34. The molecule has 0 aromatic rings. The van der Waals surface area contributed by atoms with Crippen LogP contribution in [0.3, 0.4) is 0 Å². The zero-order valence-corrected chi connectivity index (χ0v) is 13.2. The summed E-state index contributed by atoms with van der Waals surface area (Å²) >= 11 is -1.82. The third-order valence-electron chi connectivity index (χ3n) is 2.14. The Hall–Kier alpha value is -0.770. The number of hydrogen-bond acceptors (Lipinski definition) is 7. The molecule has 0 heterocycles. The number of carbonyl (C=O) groups excluding carboxylic acids is 1. The Bertz CT molecular complexity index is 546. The Morgan fingerprint density at radius 1 is 1.09 bits per heavy atom. The van der Waals surface area contributed by atoms with Gasteiger partial charge in [0.15, 0.2) is 0 Å². The lowest BCUT2D eigenvalue weighted by molar-refractivity contribution is -0.777. The van der Waals surface area contributed by atoms with E-state index in [0.717, 1.165) is 20.8 Å². The fraction of sp³-hybridized carbons (Fsp3) is 0.875. The van der Waals surface area contributed by atoms with Crippen molar-refractivity contribution in [2.45, 2.75) is 37.2 Å². The summed E-state index contributed by atoms with van der Waals surface area (Å²) in [4.78, 5) is 11.3. The van der Waals surface area contributed by atoms with E-state index in [9.17, 15) is 44.8 Å². The zero-order chi connectivity index (χ0) is 18.9. The van der Waals surface area contributed by atoms with Gasteiger partial charge in [0, 0.05) is 5.41 Å². The summed E-state index contributed by atoms with van der Waals surface area (Å²) in [5, 5.41) is -0.678. The van der Waals surface area contributed by atoms with Crippen molar-refractivity contribution in [1.29, 1.82) is 0 Å². The van der Waals surface area contributed by atoms with E-state index in [4.69, 9.17) is 0 Å². The molecule has 0 unspecified atom stereocenters. The SMILES string of the molecule is CC(C)(C)C(=O)NS(=O)(=O)C(F)(F)C(F)(F)C(F)(F)SOO[O-]. The van der Waals surface area contributed by atoms with Crippen LogP contribution in [0.15, 0.2) is 0 Å². The number of amides is 1. The van der Waals surface area contributed by atoms with Crippen LogP contribution < -0.4 is 9.98 Å². The molecule has 23 heavy (non-hydrogen) atoms. The number of hydrogen-bond donors (Lipinski definition) is 1. The van der Waals surface area contributed by atoms with E-state index in [0.29, 0.717) is 4.72 Å². The molecule has 0 aromatic heterocycles. The third kappa shape index (κ3) is 4.40. The molecule has 0 atom stereocenters. The summed E-state index contributed by atoms with van der Waals surface area (Å²) in [7, 11) is -6.56. The second-order valence-corrected chi connectivity index (χ2v) is 7.55. The van der Waals surface area contributed by atoms with Crippen molar-refractivity contribution in [2.24, 2.45) is 5.41 Å². The molecule has 0 saturated heterocycles. The van der Waals surface area contributed by atoms with Crippen LogP contribution in [-0.2, 0) is 24.2 Å². The van der Waals surface area contributed by atoms with Crippen LogP contribution in [0.1, 0.15) is 20.8 Å². The quantitative estimate of drug-likeness (QED) is 0.299. The molecule has 15 heteroatoms. The summed E-state index contributed by atoms with van der Waals surface area (Å²) in [6.45, 7) is 3.16. The highest BCUT2D eigenvalue weighted by molar-refractivity contribution is 7.95. The van der Waals surface area contributed by atoms with E-state index in [1.54, 1.807) is 0 Å². The van der Waals surface area contributed by atoms with Crippen LogP contribution in [-0.4, -0.2) is 30.8 Å². The molecule has 0 bridgehead atoms. The molecule has 0 aliphatic carbocycles. The van der Waals surface area contributed by atoms with Crippen molar-refractivity contribution in [1.82, 2.24) is 4.72 Å². The van der Waals surface area contributed by atoms with Gasteiger partial charge >= 0.3 is 26.5 Å². The number of nitrogens with one attached hydrogen (secondary N) is 1. The number of sulfonamides is 1. The predicted molar refractivity (Wildman–Crippen MR) is 61.1 cm³/mol. The highest BCUT2D eigenvalue weighted by Gasteiger charge is 2.79. The van der Waals surface area contributed by atoms with Crippen molar-refractivity contribution in [3.63, 3.8) is 0 Å². The minimum Gasteiger partial charge on any atom is -0.691 e. The van der Waals surface area contributed by atoms with Crippen molar-refractivity contribution >= 4 is 28.0 Å². The second kappa shape index (κ2) is 6.62. The Kier molecular flexibility index (Phi) is 6.40. The van der Waals surface area contributed by atoms with Gasteiger partial charge in [0.1, 0.15) is 12.0 Å². The Morgan fingerprint density at radius 2 is 1.52 bits per heavy atom. The number of carbonyl (C=O) groups is 1. The Balaban J connectivity index is 5.71. The van der Waals surface area contributed by atoms with E-state index in [2.05, 4.69) is 9.37 Å². The summed E-state index contributed by atoms with van der Waals surface area (Å²) in [5.41, 5.74) is -1.60. The largest absolute Gasteiger partial charge is 0.691 e. The summed E-state index contributed by atoms with van der Waals surface area (Å²) < 4.78 is 105. The molecule has 0 spiro atoms. The standard InChI is InChI=1S/C8H11F6NO6S2/c1-5(2,3)4(16)15-23(18,19)8(13,14)6(9,10)7(11,12)22-21-20-17/h17H,1-3H3,(H,15,16)/p-1. The normalized spacial score (nSPS) is 14.7. The van der Waals surface area contributed by atoms with Gasteiger partial charge in [0.2, 0.25) is 5.91 Å². The molecule has 138 valence electrons. The topological polar surface area (TPSA) is 105 Å². The van der Waals surface area contributed by atoms with Crippen LogP contribution in [0.4, 0.5) is 26.3 Å². The van der Waals surface area contributed by atoms with Crippen molar-refractivity contribution < 1.29 is 54.2 Å². The van der Waals surface area contributed by atoms with Crippen LogP contribution >= 0.6 is 12.0 Å². The highest BCUT2D eigenvalue weighted by Crippen LogP contribution is 2.53. The Labute approximate surface area is 130 Å². The monoisotopic (exact) mass is 394 g/mol. The van der Waals surface area contributed by atoms with E-state index >= 15 is 0 Å². The van der Waals surface area contributed by atoms with Gasteiger partial charge in [-0.1, -0.05) is 20.8 Å². The molecule has 1 amide bonds. The maximum Gasteiger partial charge on any atom is 0.432 e. The van der Waals surface area contributed by atoms with Crippen molar-refractivity contribution in [3.8, 4) is 0 Å². The molecule has 0 aliphatic rings. The lowest BCUT2D eigenvalue weighted by Crippen LogP contribution is -2.60. The van der Waals surface area contributed by atoms with E-state index in [-0.39, 0.29) is 0 Å². The molecule has 0 aromatic carbocycles. The molecule has 0 saturated carbocycles. The minimum absolute atomic E-state index is 0.598. The first-order valence-corrected chi connectivity index (χ1v) is 7.51. The van der Waals surface area contributed by atoms with Crippen molar-refractivity contribution in [2.75, 3.05) is 0 Å². The molecule has 0 fully saturated rings. The zero-order valence-electron chi connectivity index (χ0n) is 11.5. The molecule has 7 nitrogen and oxygen atoms in total. The maximum absolute atomic E-state index is 13.4. The lowest BCUT2D eigenvalue weighted by atomic mass is 9.96. The summed E-state index contributed by atoms with van der Waals surface area (Å²) in [6.07, 6.45) is 0. The van der Waals surface area contributed by atoms with Crippen LogP contribution in [0.2, 0.25) is 0 Å². The second-order valence-electron chi connectivity index (χ2n) is 5.01. The van der Waals surface area contributed by atoms with E-state index in [1.807, 2.05) is 0 Å². The fourth-order valence-corrected chi connectivity index (χ4v) is 2.34. The highest BCUT2D eigenvalue weighted by atomic mass is 32.2. The van der Waals surface area contributed by atoms with Crippen LogP contribution in [0.25, 0.3) is 0 Å². The van der Waals surface area contributed by atoms with E-state index in [1.165, 1.54) is 0 Å². The molecular formula is C8H10F6NO6S2-. The van der Waals surface area contributed by atoms with Gasteiger partial charge < -0.3 is 5.26 Å². The van der Waals surface area contributed by atoms with Gasteiger partial charge in [-0.25, -0.2) is 4.72 Å². The number of halogens is 6. The summed E-state index contributed by atoms with van der Waals surface area (Å²) in [5.74, 6) is -8.20. The average molecular weight is 394 g/mol.